The molecule has 2 aliphatic rings. The third kappa shape index (κ3) is 6.53. The molecular weight excluding hydrogens is 638 g/mol. The highest BCUT2D eigenvalue weighted by Gasteiger charge is 2.35. The second kappa shape index (κ2) is 12.8. The molecule has 2 aromatic carbocycles. The Balaban J connectivity index is 1.48. The van der Waals surface area contributed by atoms with Gasteiger partial charge < -0.3 is 19.3 Å². The first kappa shape index (κ1) is 32.1. The lowest BCUT2D eigenvalue weighted by Gasteiger charge is -2.27. The molecule has 10 nitrogen and oxygen atoms in total. The van der Waals surface area contributed by atoms with Crippen molar-refractivity contribution in [3.63, 3.8) is 0 Å². The molecule has 0 amide bonds. The molecule has 1 aliphatic heterocycles. The van der Waals surface area contributed by atoms with Gasteiger partial charge in [0, 0.05) is 43.3 Å². The van der Waals surface area contributed by atoms with E-state index in [0.29, 0.717) is 36.6 Å². The van der Waals surface area contributed by atoms with Crippen molar-refractivity contribution in [2.75, 3.05) is 36.8 Å². The van der Waals surface area contributed by atoms with Gasteiger partial charge in [-0.1, -0.05) is 23.7 Å². The molecule has 1 aliphatic carbocycles. The highest BCUT2D eigenvalue weighted by atomic mass is 35.5. The largest absolute Gasteiger partial charge is 0.497 e. The highest BCUT2D eigenvalue weighted by molar-refractivity contribution is 7.90. The van der Waals surface area contributed by atoms with Gasteiger partial charge in [0.05, 0.1) is 19.3 Å². The van der Waals surface area contributed by atoms with Crippen LogP contribution in [-0.4, -0.2) is 55.2 Å². The van der Waals surface area contributed by atoms with Gasteiger partial charge in [0.15, 0.2) is 21.9 Å². The molecule has 1 saturated heterocycles. The summed E-state index contributed by atoms with van der Waals surface area (Å²) in [6.45, 7) is 3.00. The van der Waals surface area contributed by atoms with Gasteiger partial charge in [-0.3, -0.25) is 0 Å². The fourth-order valence-electron chi connectivity index (χ4n) is 5.66. The van der Waals surface area contributed by atoms with E-state index in [1.807, 2.05) is 46.8 Å². The second-order valence-electron chi connectivity index (χ2n) is 11.7. The van der Waals surface area contributed by atoms with Crippen LogP contribution in [0.5, 0.6) is 5.75 Å². The number of sulfone groups is 1. The summed E-state index contributed by atoms with van der Waals surface area (Å²) < 4.78 is 67.5. The van der Waals surface area contributed by atoms with Gasteiger partial charge in [0.1, 0.15) is 33.3 Å². The lowest BCUT2D eigenvalue weighted by atomic mass is 10.1. The van der Waals surface area contributed by atoms with Gasteiger partial charge >= 0.3 is 0 Å². The number of rotatable bonds is 10. The molecule has 0 radical (unpaired) electrons. The van der Waals surface area contributed by atoms with E-state index in [0.717, 1.165) is 61.2 Å². The van der Waals surface area contributed by atoms with Crippen LogP contribution in [0, 0.1) is 18.6 Å². The maximum Gasteiger partial charge on any atom is 0.233 e. The lowest BCUT2D eigenvalue weighted by Crippen LogP contribution is -2.24. The van der Waals surface area contributed by atoms with Crippen LogP contribution in [0.1, 0.15) is 61.1 Å². The average molecular weight is 673 g/mol. The summed E-state index contributed by atoms with van der Waals surface area (Å²) in [5.74, 6) is -0.0960. The van der Waals surface area contributed by atoms with Crippen molar-refractivity contribution in [1.82, 2.24) is 19.7 Å². The Morgan fingerprint density at radius 2 is 1.80 bits per heavy atom. The SMILES string of the molecule is COc1ccc(CN(c2cc(C)n(C3CCCCO3)n2)c2nc(N(C)c3cc(F)c(S(C)(=O)=O)cc3F)nc(Cl)c2C2CC2)cc1. The molecule has 0 N–H and O–H groups in total. The summed E-state index contributed by atoms with van der Waals surface area (Å²) in [6.07, 6.45) is 5.34. The maximum atomic E-state index is 15.3. The van der Waals surface area contributed by atoms with Crippen molar-refractivity contribution in [2.24, 2.45) is 0 Å². The van der Waals surface area contributed by atoms with Crippen molar-refractivity contribution in [3.05, 3.63) is 76.1 Å². The van der Waals surface area contributed by atoms with Gasteiger partial charge in [-0.15, -0.1) is 0 Å². The van der Waals surface area contributed by atoms with E-state index in [4.69, 9.17) is 31.2 Å². The van der Waals surface area contributed by atoms with Crippen molar-refractivity contribution in [2.45, 2.75) is 62.6 Å². The Labute approximate surface area is 271 Å². The second-order valence-corrected chi connectivity index (χ2v) is 14.1. The number of methoxy groups -OCH3 is 1. The molecule has 6 rings (SSSR count). The van der Waals surface area contributed by atoms with Crippen LogP contribution < -0.4 is 14.5 Å². The molecule has 1 saturated carbocycles. The van der Waals surface area contributed by atoms with E-state index < -0.39 is 26.4 Å². The van der Waals surface area contributed by atoms with Gasteiger partial charge in [-0.05, 0) is 68.7 Å². The Hall–Kier alpha value is -3.81. The van der Waals surface area contributed by atoms with E-state index in [9.17, 15) is 12.8 Å². The first-order valence-electron chi connectivity index (χ1n) is 15.0. The Morgan fingerprint density at radius 1 is 1.07 bits per heavy atom. The van der Waals surface area contributed by atoms with Crippen LogP contribution in [0.4, 0.5) is 32.1 Å². The van der Waals surface area contributed by atoms with Crippen molar-refractivity contribution < 1.29 is 26.7 Å². The van der Waals surface area contributed by atoms with E-state index in [-0.39, 0.29) is 28.9 Å². The topological polar surface area (TPSA) is 103 Å². The zero-order valence-corrected chi connectivity index (χ0v) is 27.6. The molecular formula is C32H35ClF2N6O4S. The minimum Gasteiger partial charge on any atom is -0.497 e. The molecule has 244 valence electrons. The van der Waals surface area contributed by atoms with E-state index in [2.05, 4.69) is 4.98 Å². The molecule has 2 aromatic heterocycles. The van der Waals surface area contributed by atoms with Crippen LogP contribution in [0.3, 0.4) is 0 Å². The van der Waals surface area contributed by atoms with Crippen molar-refractivity contribution >= 4 is 44.7 Å². The number of halogens is 3. The third-order valence-corrected chi connectivity index (χ3v) is 9.68. The summed E-state index contributed by atoms with van der Waals surface area (Å²) in [4.78, 5) is 11.9. The normalized spacial score (nSPS) is 16.8. The number of hydrogen-bond acceptors (Lipinski definition) is 9. The number of aryl methyl sites for hydroxylation is 1. The molecule has 46 heavy (non-hydrogen) atoms. The molecule has 1 unspecified atom stereocenters. The van der Waals surface area contributed by atoms with Gasteiger partial charge in [-0.25, -0.2) is 26.9 Å². The van der Waals surface area contributed by atoms with E-state index >= 15 is 4.39 Å². The predicted molar refractivity (Wildman–Crippen MR) is 171 cm³/mol. The molecule has 1 atom stereocenters. The van der Waals surface area contributed by atoms with Gasteiger partial charge in [0.2, 0.25) is 5.95 Å². The van der Waals surface area contributed by atoms with Crippen LogP contribution >= 0.6 is 11.6 Å². The fraction of sp³-hybridized carbons (Fsp3) is 0.406. The first-order valence-corrected chi connectivity index (χ1v) is 17.3. The summed E-state index contributed by atoms with van der Waals surface area (Å²) >= 11 is 6.88. The Kier molecular flexibility index (Phi) is 8.92. The standard InChI is InChI=1S/C32H35ClF2N6O4S/c1-19-15-27(38-41(19)28-7-5-6-14-45-28)40(18-20-8-12-22(44-3)13-9-20)31-29(21-10-11-21)30(33)36-32(37-31)39(2)25-16-24(35)26(17-23(25)34)46(4,42)43/h8-9,12-13,15-17,21,28H,5-7,10-11,14,18H2,1-4H3. The van der Waals surface area contributed by atoms with Crippen molar-refractivity contribution in [1.29, 1.82) is 0 Å². The number of nitrogens with zero attached hydrogens (tertiary/aromatic N) is 6. The predicted octanol–water partition coefficient (Wildman–Crippen LogP) is 7.01. The smallest absolute Gasteiger partial charge is 0.233 e. The molecule has 4 aromatic rings. The fourth-order valence-corrected chi connectivity index (χ4v) is 6.70. The Morgan fingerprint density at radius 3 is 2.43 bits per heavy atom. The molecule has 2 fully saturated rings. The number of hydrogen-bond donors (Lipinski definition) is 0. The average Bonchev–Trinajstić information content (AvgIpc) is 3.80. The molecule has 0 spiro atoms. The summed E-state index contributed by atoms with van der Waals surface area (Å²) in [5, 5.41) is 5.18. The summed E-state index contributed by atoms with van der Waals surface area (Å²) in [5.41, 5.74) is 2.35. The lowest BCUT2D eigenvalue weighted by molar-refractivity contribution is -0.0405. The minimum absolute atomic E-state index is 0.00121. The van der Waals surface area contributed by atoms with Crippen LogP contribution in [0.2, 0.25) is 5.15 Å². The zero-order valence-electron chi connectivity index (χ0n) is 26.0. The third-order valence-electron chi connectivity index (χ3n) is 8.28. The monoisotopic (exact) mass is 672 g/mol. The van der Waals surface area contributed by atoms with Crippen LogP contribution in [-0.2, 0) is 21.1 Å². The number of benzene rings is 2. The van der Waals surface area contributed by atoms with Crippen LogP contribution in [0.25, 0.3) is 0 Å². The van der Waals surface area contributed by atoms with Crippen LogP contribution in [0.15, 0.2) is 47.4 Å². The van der Waals surface area contributed by atoms with Gasteiger partial charge in [-0.2, -0.15) is 10.1 Å². The first-order chi connectivity index (χ1) is 21.9. The van der Waals surface area contributed by atoms with E-state index in [1.54, 1.807) is 7.11 Å². The maximum absolute atomic E-state index is 15.3. The number of anilines is 4. The Bertz CT molecular complexity index is 1860. The van der Waals surface area contributed by atoms with Crippen molar-refractivity contribution in [3.8, 4) is 5.75 Å². The summed E-state index contributed by atoms with van der Waals surface area (Å²) in [6, 6.07) is 11.1. The molecule has 3 heterocycles. The number of aromatic nitrogens is 4. The number of ether oxygens (including phenoxy) is 2. The minimum atomic E-state index is -3.99. The molecule has 0 bridgehead atoms. The quantitative estimate of drug-likeness (QED) is 0.165. The zero-order chi connectivity index (χ0) is 32.7. The highest BCUT2D eigenvalue weighted by Crippen LogP contribution is 2.49. The molecule has 14 heteroatoms. The van der Waals surface area contributed by atoms with E-state index in [1.165, 1.54) is 11.9 Å². The van der Waals surface area contributed by atoms with Gasteiger partial charge in [0.25, 0.3) is 0 Å². The summed E-state index contributed by atoms with van der Waals surface area (Å²) in [7, 11) is -0.912.